The molecule has 54 heavy (non-hydrogen) atoms. The zero-order valence-corrected chi connectivity index (χ0v) is 33.1. The Labute approximate surface area is 324 Å². The van der Waals surface area contributed by atoms with Crippen molar-refractivity contribution in [3.63, 3.8) is 0 Å². The van der Waals surface area contributed by atoms with Crippen LogP contribution in [0.25, 0.3) is 65.9 Å². The summed E-state index contributed by atoms with van der Waals surface area (Å²) in [6.07, 6.45) is 25.3. The van der Waals surface area contributed by atoms with Crippen molar-refractivity contribution in [1.82, 2.24) is 9.13 Å². The van der Waals surface area contributed by atoms with Gasteiger partial charge in [0.1, 0.15) is 0 Å². The number of rotatable bonds is 19. The van der Waals surface area contributed by atoms with Crippen LogP contribution < -0.4 is 0 Å². The van der Waals surface area contributed by atoms with Crippen molar-refractivity contribution in [1.29, 1.82) is 0 Å². The van der Waals surface area contributed by atoms with Crippen LogP contribution in [0.4, 0.5) is 0 Å². The topological polar surface area (TPSA) is 9.86 Å². The molecule has 0 radical (unpaired) electrons. The highest BCUT2D eigenvalue weighted by Gasteiger charge is 2.16. The zero-order chi connectivity index (χ0) is 37.1. The van der Waals surface area contributed by atoms with Crippen molar-refractivity contribution in [3.05, 3.63) is 133 Å². The van der Waals surface area contributed by atoms with Gasteiger partial charge in [0.25, 0.3) is 0 Å². The van der Waals surface area contributed by atoms with Gasteiger partial charge in [-0.25, -0.2) is 0 Å². The van der Waals surface area contributed by atoms with Crippen LogP contribution in [0.5, 0.6) is 0 Å². The summed E-state index contributed by atoms with van der Waals surface area (Å²) >= 11 is 0. The number of aromatic nitrogens is 2. The second-order valence-electron chi connectivity index (χ2n) is 15.4. The molecule has 278 valence electrons. The summed E-state index contributed by atoms with van der Waals surface area (Å²) in [5.41, 5.74) is 11.9. The van der Waals surface area contributed by atoms with E-state index in [1.54, 1.807) is 0 Å². The molecule has 0 bridgehead atoms. The lowest BCUT2D eigenvalue weighted by molar-refractivity contribution is 0.571. The van der Waals surface area contributed by atoms with Gasteiger partial charge in [-0.3, -0.25) is 0 Å². The maximum absolute atomic E-state index is 2.60. The third-order valence-electron chi connectivity index (χ3n) is 11.5. The number of hydrogen-bond donors (Lipinski definition) is 0. The van der Waals surface area contributed by atoms with Crippen LogP contribution in [0, 0.1) is 0 Å². The lowest BCUT2D eigenvalue weighted by atomic mass is 9.99. The van der Waals surface area contributed by atoms with E-state index in [1.165, 1.54) is 148 Å². The molecule has 5 aromatic carbocycles. The first-order chi connectivity index (χ1) is 26.7. The van der Waals surface area contributed by atoms with E-state index < -0.39 is 0 Å². The molecule has 0 unspecified atom stereocenters. The maximum atomic E-state index is 2.60. The Morgan fingerprint density at radius 1 is 0.426 bits per heavy atom. The van der Waals surface area contributed by atoms with Gasteiger partial charge in [-0.15, -0.1) is 0 Å². The molecule has 2 heteroatoms. The van der Waals surface area contributed by atoms with Crippen molar-refractivity contribution >= 4 is 43.6 Å². The van der Waals surface area contributed by atoms with Gasteiger partial charge in [0.15, 0.2) is 0 Å². The minimum atomic E-state index is 0.939. The first-order valence-electron chi connectivity index (χ1n) is 21.1. The Morgan fingerprint density at radius 3 is 1.37 bits per heavy atom. The number of hydrogen-bond acceptors (Lipinski definition) is 0. The van der Waals surface area contributed by atoms with Crippen molar-refractivity contribution in [2.45, 2.75) is 117 Å². The van der Waals surface area contributed by atoms with Crippen LogP contribution in [-0.4, -0.2) is 9.13 Å². The van der Waals surface area contributed by atoms with Gasteiger partial charge in [0.2, 0.25) is 0 Å². The summed E-state index contributed by atoms with van der Waals surface area (Å²) in [4.78, 5) is 0. The van der Waals surface area contributed by atoms with Crippen LogP contribution in [-0.2, 0) is 19.5 Å². The number of nitrogens with zero attached hydrogens (tertiary/aromatic N) is 2. The van der Waals surface area contributed by atoms with Gasteiger partial charge in [-0.2, -0.15) is 0 Å². The molecular formula is C52H60N2. The number of benzene rings is 5. The molecule has 0 saturated carbocycles. The number of unbranched alkanes of at least 4 members (excludes halogenated alkanes) is 10. The first-order valence-corrected chi connectivity index (χ1v) is 21.1. The molecule has 2 aromatic heterocycles. The van der Waals surface area contributed by atoms with E-state index >= 15 is 0 Å². The minimum Gasteiger partial charge on any atom is -0.340 e. The van der Waals surface area contributed by atoms with E-state index in [4.69, 9.17) is 0 Å². The van der Waals surface area contributed by atoms with E-state index in [0.29, 0.717) is 0 Å². The SMILES string of the molecule is C/C=C\C=C/Cc1ccc2c(c1)c1cc(-c3ccc4c(c3)c3cc(-c5ccccc5)ccc3n4CCCCCCCC)ccc1n2CCCCCCCC. The lowest BCUT2D eigenvalue weighted by Crippen LogP contribution is -1.98. The van der Waals surface area contributed by atoms with E-state index in [1.807, 2.05) is 0 Å². The van der Waals surface area contributed by atoms with Crippen LogP contribution in [0.15, 0.2) is 127 Å². The molecule has 0 aliphatic carbocycles. The lowest BCUT2D eigenvalue weighted by Gasteiger charge is -2.09. The van der Waals surface area contributed by atoms with Gasteiger partial charge < -0.3 is 9.13 Å². The summed E-state index contributed by atoms with van der Waals surface area (Å²) < 4.78 is 5.19. The van der Waals surface area contributed by atoms with E-state index in [0.717, 1.165) is 19.5 Å². The molecule has 0 spiro atoms. The van der Waals surface area contributed by atoms with Crippen LogP contribution in [0.2, 0.25) is 0 Å². The van der Waals surface area contributed by atoms with Gasteiger partial charge in [-0.05, 0) is 103 Å². The Balaban J connectivity index is 1.28. The Kier molecular flexibility index (Phi) is 12.8. The zero-order valence-electron chi connectivity index (χ0n) is 33.1. The van der Waals surface area contributed by atoms with Gasteiger partial charge >= 0.3 is 0 Å². The Hall–Kier alpha value is -4.82. The normalized spacial score (nSPS) is 12.2. The predicted octanol–water partition coefficient (Wildman–Crippen LogP) is 15.6. The van der Waals surface area contributed by atoms with Crippen molar-refractivity contribution < 1.29 is 0 Å². The van der Waals surface area contributed by atoms with Crippen molar-refractivity contribution in [3.8, 4) is 22.3 Å². The average molecular weight is 713 g/mol. The summed E-state index contributed by atoms with van der Waals surface area (Å²) in [5.74, 6) is 0. The number of allylic oxidation sites excluding steroid dienone is 4. The van der Waals surface area contributed by atoms with Crippen molar-refractivity contribution in [2.24, 2.45) is 0 Å². The highest BCUT2D eigenvalue weighted by Crippen LogP contribution is 2.38. The maximum Gasteiger partial charge on any atom is 0.0491 e. The molecule has 0 aliphatic rings. The molecule has 0 amide bonds. The summed E-state index contributed by atoms with van der Waals surface area (Å²) in [6.45, 7) is 8.80. The molecule has 7 aromatic rings. The number of aryl methyl sites for hydroxylation is 2. The van der Waals surface area contributed by atoms with E-state index in [-0.39, 0.29) is 0 Å². The average Bonchev–Trinajstić information content (AvgIpc) is 3.69. The van der Waals surface area contributed by atoms with Crippen LogP contribution in [0.3, 0.4) is 0 Å². The second-order valence-corrected chi connectivity index (χ2v) is 15.4. The van der Waals surface area contributed by atoms with Gasteiger partial charge in [-0.1, -0.05) is 157 Å². The Bertz CT molecular complexity index is 2350. The molecular weight excluding hydrogens is 653 g/mol. The Morgan fingerprint density at radius 2 is 0.870 bits per heavy atom. The molecule has 2 heterocycles. The fraction of sp³-hybridized carbons (Fsp3) is 0.346. The van der Waals surface area contributed by atoms with Gasteiger partial charge in [0, 0.05) is 56.7 Å². The minimum absolute atomic E-state index is 0.939. The van der Waals surface area contributed by atoms with Crippen LogP contribution >= 0.6 is 0 Å². The highest BCUT2D eigenvalue weighted by molar-refractivity contribution is 6.12. The van der Waals surface area contributed by atoms with Crippen molar-refractivity contribution in [2.75, 3.05) is 0 Å². The molecule has 7 rings (SSSR count). The molecule has 0 atom stereocenters. The largest absolute Gasteiger partial charge is 0.340 e. The van der Waals surface area contributed by atoms with Crippen LogP contribution in [0.1, 0.15) is 103 Å². The fourth-order valence-corrected chi connectivity index (χ4v) is 8.53. The monoisotopic (exact) mass is 712 g/mol. The first kappa shape index (κ1) is 37.5. The third-order valence-corrected chi connectivity index (χ3v) is 11.5. The summed E-state index contributed by atoms with van der Waals surface area (Å²) in [5, 5.41) is 5.45. The molecule has 2 nitrogen and oxygen atoms in total. The molecule has 0 N–H and O–H groups in total. The van der Waals surface area contributed by atoms with E-state index in [2.05, 4.69) is 157 Å². The molecule has 0 fully saturated rings. The quantitative estimate of drug-likeness (QED) is 0.0583. The third kappa shape index (κ3) is 8.44. The predicted molar refractivity (Wildman–Crippen MR) is 238 cm³/mol. The molecule has 0 saturated heterocycles. The molecule has 0 aliphatic heterocycles. The second kappa shape index (κ2) is 18.5. The smallest absolute Gasteiger partial charge is 0.0491 e. The van der Waals surface area contributed by atoms with Gasteiger partial charge in [0.05, 0.1) is 0 Å². The highest BCUT2D eigenvalue weighted by atomic mass is 15.0. The number of fused-ring (bicyclic) bond motifs is 6. The summed E-state index contributed by atoms with van der Waals surface area (Å²) in [6, 6.07) is 39.6. The fourth-order valence-electron chi connectivity index (χ4n) is 8.53. The van der Waals surface area contributed by atoms with E-state index in [9.17, 15) is 0 Å². The summed E-state index contributed by atoms with van der Waals surface area (Å²) in [7, 11) is 0. The standard InChI is InChI=1S/C52H60N2/c1-4-7-10-13-15-21-34-53-49-30-26-40(23-18-12-9-6-3)36-45(49)46-38-43(28-32-50(46)53)44-29-33-52-48(39-44)47-37-42(41-24-19-17-20-25-41)27-31-51(47)54(52)35-22-16-14-11-8-5-2/h6,9,12,17-20,24-33,36-39H,4-5,7-8,10-11,13-16,21-23,34-35H2,1-3H3/b9-6-,18-12-.